The highest BCUT2D eigenvalue weighted by Crippen LogP contribution is 2.23. The van der Waals surface area contributed by atoms with Crippen LogP contribution in [0.5, 0.6) is 0 Å². The molecule has 1 saturated heterocycles. The summed E-state index contributed by atoms with van der Waals surface area (Å²) in [5.74, 6) is 0.337. The maximum Gasteiger partial charge on any atom is 0.279 e. The molecule has 0 bridgehead atoms. The van der Waals surface area contributed by atoms with Crippen molar-refractivity contribution in [2.45, 2.75) is 19.8 Å². The van der Waals surface area contributed by atoms with E-state index in [0.29, 0.717) is 25.6 Å². The van der Waals surface area contributed by atoms with E-state index in [-0.39, 0.29) is 11.8 Å². The monoisotopic (exact) mass is 276 g/mol. The van der Waals surface area contributed by atoms with E-state index in [1.807, 2.05) is 24.3 Å². The van der Waals surface area contributed by atoms with Crippen LogP contribution in [0, 0.1) is 0 Å². The number of quaternary nitrogens is 1. The molecule has 0 saturated carbocycles. The Morgan fingerprint density at radius 2 is 2.15 bits per heavy atom. The number of carbonyl (C=O) groups excluding carboxylic acids is 2. The number of anilines is 1. The number of piperazine rings is 1. The smallest absolute Gasteiger partial charge is 0.279 e. The van der Waals surface area contributed by atoms with Crippen LogP contribution >= 0.6 is 0 Å². The Kier molecular flexibility index (Phi) is 4.74. The van der Waals surface area contributed by atoms with Crippen LogP contribution in [0.2, 0.25) is 0 Å². The van der Waals surface area contributed by atoms with E-state index in [0.717, 1.165) is 22.7 Å². The molecule has 2 rings (SSSR count). The number of para-hydroxylation sites is 1. The van der Waals surface area contributed by atoms with Crippen molar-refractivity contribution in [3.8, 4) is 0 Å². The maximum absolute atomic E-state index is 12.1. The molecule has 20 heavy (non-hydrogen) atoms. The van der Waals surface area contributed by atoms with E-state index in [9.17, 15) is 9.59 Å². The number of hydrogen-bond donors (Lipinski definition) is 3. The molecule has 5 nitrogen and oxygen atoms in total. The van der Waals surface area contributed by atoms with E-state index < -0.39 is 0 Å². The van der Waals surface area contributed by atoms with Crippen molar-refractivity contribution >= 4 is 17.5 Å². The standard InChI is InChI=1S/C15H21N3O2/c1-11(2)12-5-3-4-6-13(12)17-15(20)10-18-8-7-16-14(19)9-18/h3-6,11H,7-10H2,1-2H3,(H,16,19)(H,17,20)/p+1. The van der Waals surface area contributed by atoms with Gasteiger partial charge in [-0.05, 0) is 17.5 Å². The molecule has 3 N–H and O–H groups in total. The highest BCUT2D eigenvalue weighted by Gasteiger charge is 2.22. The van der Waals surface area contributed by atoms with Crippen LogP contribution in [0.4, 0.5) is 5.69 Å². The average Bonchev–Trinajstić information content (AvgIpc) is 2.38. The topological polar surface area (TPSA) is 62.6 Å². The van der Waals surface area contributed by atoms with Crippen molar-refractivity contribution in [1.82, 2.24) is 5.32 Å². The zero-order valence-corrected chi connectivity index (χ0v) is 12.0. The van der Waals surface area contributed by atoms with Crippen LogP contribution in [0.15, 0.2) is 24.3 Å². The second kappa shape index (κ2) is 6.52. The van der Waals surface area contributed by atoms with Gasteiger partial charge in [0.2, 0.25) is 0 Å². The van der Waals surface area contributed by atoms with Crippen molar-refractivity contribution in [1.29, 1.82) is 0 Å². The first kappa shape index (κ1) is 14.5. The average molecular weight is 276 g/mol. The number of amides is 2. The van der Waals surface area contributed by atoms with Crippen molar-refractivity contribution < 1.29 is 14.5 Å². The van der Waals surface area contributed by atoms with Crippen LogP contribution in [0.1, 0.15) is 25.3 Å². The van der Waals surface area contributed by atoms with Gasteiger partial charge < -0.3 is 15.5 Å². The van der Waals surface area contributed by atoms with Crippen molar-refractivity contribution in [3.63, 3.8) is 0 Å². The van der Waals surface area contributed by atoms with Crippen LogP contribution < -0.4 is 15.5 Å². The van der Waals surface area contributed by atoms with Gasteiger partial charge in [0.1, 0.15) is 0 Å². The van der Waals surface area contributed by atoms with Gasteiger partial charge in [0.25, 0.3) is 11.8 Å². The third-order valence-corrected chi connectivity index (χ3v) is 3.48. The lowest BCUT2D eigenvalue weighted by atomic mass is 10.0. The van der Waals surface area contributed by atoms with E-state index in [2.05, 4.69) is 24.5 Å². The molecule has 0 aliphatic carbocycles. The molecule has 0 radical (unpaired) electrons. The first-order valence-corrected chi connectivity index (χ1v) is 7.05. The van der Waals surface area contributed by atoms with E-state index >= 15 is 0 Å². The Morgan fingerprint density at radius 1 is 1.40 bits per heavy atom. The van der Waals surface area contributed by atoms with E-state index in [1.54, 1.807) is 0 Å². The fourth-order valence-electron chi connectivity index (χ4n) is 2.44. The minimum Gasteiger partial charge on any atom is -0.346 e. The molecule has 1 aromatic rings. The molecule has 1 atom stereocenters. The van der Waals surface area contributed by atoms with Crippen LogP contribution in [-0.4, -0.2) is 38.0 Å². The van der Waals surface area contributed by atoms with Gasteiger partial charge in [-0.3, -0.25) is 9.59 Å². The number of rotatable bonds is 4. The molecule has 1 aliphatic heterocycles. The minimum absolute atomic E-state index is 0.0154. The van der Waals surface area contributed by atoms with Gasteiger partial charge in [-0.15, -0.1) is 0 Å². The molecule has 1 aromatic carbocycles. The molecule has 0 aromatic heterocycles. The Hall–Kier alpha value is -1.88. The van der Waals surface area contributed by atoms with Gasteiger partial charge in [-0.1, -0.05) is 32.0 Å². The quantitative estimate of drug-likeness (QED) is 0.711. The molecule has 5 heteroatoms. The third kappa shape index (κ3) is 3.81. The normalized spacial score (nSPS) is 18.8. The lowest BCUT2D eigenvalue weighted by Gasteiger charge is -2.23. The summed E-state index contributed by atoms with van der Waals surface area (Å²) in [6, 6.07) is 7.85. The summed E-state index contributed by atoms with van der Waals surface area (Å²) in [6.45, 7) is 6.35. The van der Waals surface area contributed by atoms with Gasteiger partial charge >= 0.3 is 0 Å². The molecule has 108 valence electrons. The highest BCUT2D eigenvalue weighted by atomic mass is 16.2. The summed E-state index contributed by atoms with van der Waals surface area (Å²) in [5, 5.41) is 5.73. The predicted octanol–water partition coefficient (Wildman–Crippen LogP) is -0.237. The number of benzene rings is 1. The number of nitrogens with one attached hydrogen (secondary N) is 3. The summed E-state index contributed by atoms with van der Waals surface area (Å²) in [5.41, 5.74) is 2.00. The minimum atomic E-state index is -0.0391. The SMILES string of the molecule is CC(C)c1ccccc1NC(=O)C[NH+]1CCNC(=O)C1. The molecule has 0 spiro atoms. The third-order valence-electron chi connectivity index (χ3n) is 3.48. The van der Waals surface area contributed by atoms with Gasteiger partial charge in [-0.25, -0.2) is 0 Å². The zero-order valence-electron chi connectivity index (χ0n) is 12.0. The lowest BCUT2D eigenvalue weighted by molar-refractivity contribution is -0.885. The number of carbonyl (C=O) groups is 2. The maximum atomic E-state index is 12.1. The molecule has 1 aliphatic rings. The molecule has 1 heterocycles. The Morgan fingerprint density at radius 3 is 2.85 bits per heavy atom. The second-order valence-corrected chi connectivity index (χ2v) is 5.49. The molecular formula is C15H22N3O2+. The van der Waals surface area contributed by atoms with Crippen LogP contribution in [0.3, 0.4) is 0 Å². The molecule has 2 amide bonds. The summed E-state index contributed by atoms with van der Waals surface area (Å²) in [6.07, 6.45) is 0. The van der Waals surface area contributed by atoms with Gasteiger partial charge in [0, 0.05) is 5.69 Å². The van der Waals surface area contributed by atoms with Crippen molar-refractivity contribution in [2.75, 3.05) is 31.5 Å². The van der Waals surface area contributed by atoms with Gasteiger partial charge in [0.15, 0.2) is 13.1 Å². The van der Waals surface area contributed by atoms with Crippen LogP contribution in [-0.2, 0) is 9.59 Å². The Labute approximate surface area is 119 Å². The van der Waals surface area contributed by atoms with Crippen molar-refractivity contribution in [2.24, 2.45) is 0 Å². The van der Waals surface area contributed by atoms with Gasteiger partial charge in [-0.2, -0.15) is 0 Å². The number of hydrogen-bond acceptors (Lipinski definition) is 2. The molecule has 1 unspecified atom stereocenters. The Bertz CT molecular complexity index is 500. The van der Waals surface area contributed by atoms with Crippen LogP contribution in [0.25, 0.3) is 0 Å². The Balaban J connectivity index is 1.96. The second-order valence-electron chi connectivity index (χ2n) is 5.49. The molecule has 1 fully saturated rings. The fourth-order valence-corrected chi connectivity index (χ4v) is 2.44. The van der Waals surface area contributed by atoms with E-state index in [4.69, 9.17) is 0 Å². The summed E-state index contributed by atoms with van der Waals surface area (Å²) in [4.78, 5) is 24.4. The van der Waals surface area contributed by atoms with Crippen molar-refractivity contribution in [3.05, 3.63) is 29.8 Å². The highest BCUT2D eigenvalue weighted by molar-refractivity contribution is 5.92. The molecular weight excluding hydrogens is 254 g/mol. The fraction of sp³-hybridized carbons (Fsp3) is 0.467. The lowest BCUT2D eigenvalue weighted by Crippen LogP contribution is -3.16. The van der Waals surface area contributed by atoms with Gasteiger partial charge in [0.05, 0.1) is 13.1 Å². The zero-order chi connectivity index (χ0) is 14.5. The predicted molar refractivity (Wildman–Crippen MR) is 77.7 cm³/mol. The first-order chi connectivity index (χ1) is 9.56. The van der Waals surface area contributed by atoms with E-state index in [1.165, 1.54) is 0 Å². The first-order valence-electron chi connectivity index (χ1n) is 7.05. The summed E-state index contributed by atoms with van der Waals surface area (Å²) < 4.78 is 0. The largest absolute Gasteiger partial charge is 0.346 e. The summed E-state index contributed by atoms with van der Waals surface area (Å²) >= 11 is 0. The summed E-state index contributed by atoms with van der Waals surface area (Å²) in [7, 11) is 0.